The SMILES string of the molecule is CCOC(=O)c1ccsc1NC(=O)CSc1cccs1. The van der Waals surface area contributed by atoms with Crippen molar-refractivity contribution in [3.8, 4) is 0 Å². The van der Waals surface area contributed by atoms with Gasteiger partial charge in [0, 0.05) is 0 Å². The van der Waals surface area contributed by atoms with Crippen molar-refractivity contribution >= 4 is 51.3 Å². The highest BCUT2D eigenvalue weighted by Crippen LogP contribution is 2.26. The van der Waals surface area contributed by atoms with Gasteiger partial charge >= 0.3 is 5.97 Å². The van der Waals surface area contributed by atoms with E-state index in [1.165, 1.54) is 23.1 Å². The van der Waals surface area contributed by atoms with Crippen molar-refractivity contribution in [2.75, 3.05) is 17.7 Å². The third kappa shape index (κ3) is 4.09. The first-order valence-corrected chi connectivity index (χ1v) is 8.66. The maximum absolute atomic E-state index is 11.9. The number of hydrogen-bond donors (Lipinski definition) is 1. The molecule has 2 aromatic rings. The summed E-state index contributed by atoms with van der Waals surface area (Å²) in [4.78, 5) is 23.5. The van der Waals surface area contributed by atoms with Gasteiger partial charge in [-0.05, 0) is 29.8 Å². The molecule has 0 atom stereocenters. The van der Waals surface area contributed by atoms with Crippen LogP contribution in [0.25, 0.3) is 0 Å². The molecule has 2 aromatic heterocycles. The molecule has 1 amide bonds. The second kappa shape index (κ2) is 7.47. The van der Waals surface area contributed by atoms with Gasteiger partial charge in [0.25, 0.3) is 0 Å². The monoisotopic (exact) mass is 327 g/mol. The zero-order chi connectivity index (χ0) is 14.4. The summed E-state index contributed by atoms with van der Waals surface area (Å²) in [5.74, 6) is -0.216. The summed E-state index contributed by atoms with van der Waals surface area (Å²) in [5, 5.41) is 7.03. The molecular formula is C13H13NO3S3. The normalized spacial score (nSPS) is 10.2. The van der Waals surface area contributed by atoms with E-state index in [0.717, 1.165) is 4.21 Å². The fourth-order valence-corrected chi connectivity index (χ4v) is 3.80. The van der Waals surface area contributed by atoms with Gasteiger partial charge in [0.15, 0.2) is 0 Å². The van der Waals surface area contributed by atoms with Gasteiger partial charge < -0.3 is 10.1 Å². The molecule has 0 fully saturated rings. The standard InChI is InChI=1S/C13H13NO3S3/c1-2-17-13(16)9-5-7-19-12(9)14-10(15)8-20-11-4-3-6-18-11/h3-7H,2,8H2,1H3,(H,14,15). The molecule has 2 rings (SSSR count). The number of thiophene rings is 2. The van der Waals surface area contributed by atoms with Crippen molar-refractivity contribution in [2.45, 2.75) is 11.1 Å². The van der Waals surface area contributed by atoms with Crippen LogP contribution in [0.5, 0.6) is 0 Å². The number of amides is 1. The van der Waals surface area contributed by atoms with Crippen LogP contribution in [0.3, 0.4) is 0 Å². The van der Waals surface area contributed by atoms with Gasteiger partial charge in [-0.15, -0.1) is 34.4 Å². The van der Waals surface area contributed by atoms with Crippen LogP contribution < -0.4 is 5.32 Å². The van der Waals surface area contributed by atoms with Crippen LogP contribution in [0.15, 0.2) is 33.2 Å². The minimum absolute atomic E-state index is 0.128. The number of hydrogen-bond acceptors (Lipinski definition) is 6. The van der Waals surface area contributed by atoms with Crippen molar-refractivity contribution in [2.24, 2.45) is 0 Å². The molecule has 0 aliphatic heterocycles. The fraction of sp³-hybridized carbons (Fsp3) is 0.231. The van der Waals surface area contributed by atoms with Crippen LogP contribution in [0.1, 0.15) is 17.3 Å². The second-order valence-corrected chi connectivity index (χ2v) is 6.79. The van der Waals surface area contributed by atoms with E-state index in [2.05, 4.69) is 5.32 Å². The number of ether oxygens (including phenoxy) is 1. The Morgan fingerprint density at radius 3 is 2.85 bits per heavy atom. The van der Waals surface area contributed by atoms with E-state index in [1.807, 2.05) is 17.5 Å². The molecule has 2 heterocycles. The van der Waals surface area contributed by atoms with E-state index in [1.54, 1.807) is 29.7 Å². The Balaban J connectivity index is 1.91. The Morgan fingerprint density at radius 2 is 2.15 bits per heavy atom. The largest absolute Gasteiger partial charge is 0.462 e. The third-order valence-corrected chi connectivity index (χ3v) is 5.21. The van der Waals surface area contributed by atoms with Crippen LogP contribution in [0, 0.1) is 0 Å². The lowest BCUT2D eigenvalue weighted by Gasteiger charge is -2.05. The summed E-state index contributed by atoms with van der Waals surface area (Å²) in [6.45, 7) is 2.07. The summed E-state index contributed by atoms with van der Waals surface area (Å²) < 4.78 is 6.03. The predicted molar refractivity (Wildman–Crippen MR) is 83.9 cm³/mol. The van der Waals surface area contributed by atoms with Crippen molar-refractivity contribution in [3.05, 3.63) is 34.5 Å². The highest BCUT2D eigenvalue weighted by molar-refractivity contribution is 8.01. The number of carbonyl (C=O) groups is 2. The molecular weight excluding hydrogens is 314 g/mol. The van der Waals surface area contributed by atoms with Crippen molar-refractivity contribution in [1.82, 2.24) is 0 Å². The molecule has 20 heavy (non-hydrogen) atoms. The number of rotatable bonds is 6. The molecule has 0 radical (unpaired) electrons. The van der Waals surface area contributed by atoms with E-state index in [9.17, 15) is 9.59 Å². The summed E-state index contributed by atoms with van der Waals surface area (Å²) in [6.07, 6.45) is 0. The molecule has 0 saturated heterocycles. The minimum atomic E-state index is -0.407. The van der Waals surface area contributed by atoms with Crippen molar-refractivity contribution < 1.29 is 14.3 Å². The molecule has 106 valence electrons. The van der Waals surface area contributed by atoms with Gasteiger partial charge in [-0.1, -0.05) is 6.07 Å². The van der Waals surface area contributed by atoms with Crippen LogP contribution in [0.2, 0.25) is 0 Å². The average Bonchev–Trinajstić information content (AvgIpc) is 3.07. The molecule has 0 spiro atoms. The first-order chi connectivity index (χ1) is 9.70. The van der Waals surface area contributed by atoms with Crippen LogP contribution in [-0.4, -0.2) is 24.2 Å². The number of nitrogens with one attached hydrogen (secondary N) is 1. The molecule has 0 aliphatic carbocycles. The fourth-order valence-electron chi connectivity index (χ4n) is 1.42. The van der Waals surface area contributed by atoms with Crippen molar-refractivity contribution in [3.63, 3.8) is 0 Å². The van der Waals surface area contributed by atoms with Gasteiger partial charge in [0.2, 0.25) is 5.91 Å². The second-order valence-electron chi connectivity index (χ2n) is 3.65. The zero-order valence-electron chi connectivity index (χ0n) is 10.8. The van der Waals surface area contributed by atoms with E-state index in [0.29, 0.717) is 22.9 Å². The van der Waals surface area contributed by atoms with Crippen LogP contribution >= 0.6 is 34.4 Å². The highest BCUT2D eigenvalue weighted by atomic mass is 32.2. The van der Waals surface area contributed by atoms with Crippen molar-refractivity contribution in [1.29, 1.82) is 0 Å². The molecule has 0 aliphatic rings. The average molecular weight is 327 g/mol. The Labute approximate surface area is 129 Å². The van der Waals surface area contributed by atoms with Gasteiger partial charge in [0.1, 0.15) is 5.00 Å². The van der Waals surface area contributed by atoms with E-state index in [4.69, 9.17) is 4.74 Å². The lowest BCUT2D eigenvalue weighted by atomic mass is 10.3. The first kappa shape index (κ1) is 15.1. The number of anilines is 1. The summed E-state index contributed by atoms with van der Waals surface area (Å²) in [5.41, 5.74) is 0.409. The number of carbonyl (C=O) groups excluding carboxylic acids is 2. The Bertz CT molecular complexity index is 577. The van der Waals surface area contributed by atoms with Gasteiger partial charge in [-0.2, -0.15) is 0 Å². The Kier molecular flexibility index (Phi) is 5.63. The van der Waals surface area contributed by atoms with E-state index >= 15 is 0 Å². The molecule has 0 unspecified atom stereocenters. The number of thioether (sulfide) groups is 1. The van der Waals surface area contributed by atoms with Gasteiger partial charge in [-0.3, -0.25) is 4.79 Å². The zero-order valence-corrected chi connectivity index (χ0v) is 13.2. The topological polar surface area (TPSA) is 55.4 Å². The molecule has 0 bridgehead atoms. The van der Waals surface area contributed by atoms with Crippen LogP contribution in [-0.2, 0) is 9.53 Å². The molecule has 0 aromatic carbocycles. The minimum Gasteiger partial charge on any atom is -0.462 e. The quantitative estimate of drug-likeness (QED) is 0.649. The maximum Gasteiger partial charge on any atom is 0.341 e. The molecule has 1 N–H and O–H groups in total. The summed E-state index contributed by atoms with van der Waals surface area (Å²) >= 11 is 4.39. The van der Waals surface area contributed by atoms with E-state index < -0.39 is 5.97 Å². The molecule has 4 nitrogen and oxygen atoms in total. The van der Waals surface area contributed by atoms with E-state index in [-0.39, 0.29) is 5.91 Å². The predicted octanol–water partition coefficient (Wildman–Crippen LogP) is 3.72. The highest BCUT2D eigenvalue weighted by Gasteiger charge is 2.16. The summed E-state index contributed by atoms with van der Waals surface area (Å²) in [6, 6.07) is 5.57. The Morgan fingerprint density at radius 1 is 1.30 bits per heavy atom. The summed E-state index contributed by atoms with van der Waals surface area (Å²) in [7, 11) is 0. The maximum atomic E-state index is 11.9. The smallest absolute Gasteiger partial charge is 0.341 e. The lowest BCUT2D eigenvalue weighted by molar-refractivity contribution is -0.113. The third-order valence-electron chi connectivity index (χ3n) is 2.25. The van der Waals surface area contributed by atoms with Gasteiger partial charge in [-0.25, -0.2) is 4.79 Å². The molecule has 0 saturated carbocycles. The van der Waals surface area contributed by atoms with Gasteiger partial charge in [0.05, 0.1) is 22.1 Å². The first-order valence-electron chi connectivity index (χ1n) is 5.91. The van der Waals surface area contributed by atoms with Crippen LogP contribution in [0.4, 0.5) is 5.00 Å². The molecule has 7 heteroatoms. The Hall–Kier alpha value is -1.31. The lowest BCUT2D eigenvalue weighted by Crippen LogP contribution is -2.15. The number of esters is 1.